The first-order valence-corrected chi connectivity index (χ1v) is 5.04. The number of allylic oxidation sites excluding steroid dienone is 4. The van der Waals surface area contributed by atoms with Gasteiger partial charge in [-0.3, -0.25) is 0 Å². The lowest BCUT2D eigenvalue weighted by molar-refractivity contribution is -0.105. The molecule has 0 N–H and O–H groups in total. The second-order valence-corrected chi connectivity index (χ2v) is 4.19. The van der Waals surface area contributed by atoms with Gasteiger partial charge in [0.25, 0.3) is 6.36 Å². The van der Waals surface area contributed by atoms with Crippen molar-refractivity contribution in [1.29, 1.82) is 0 Å². The fourth-order valence-corrected chi connectivity index (χ4v) is 1.96. The molecule has 0 radical (unpaired) electrons. The third kappa shape index (κ3) is 2.36. The van der Waals surface area contributed by atoms with Gasteiger partial charge in [-0.1, -0.05) is 11.6 Å². The Morgan fingerprint density at radius 2 is 2.07 bits per heavy atom. The Morgan fingerprint density at radius 1 is 1.33 bits per heavy atom. The molecule has 2 aliphatic carbocycles. The molecule has 2 aliphatic rings. The average Bonchev–Trinajstić information content (AvgIpc) is 2.90. The summed E-state index contributed by atoms with van der Waals surface area (Å²) in [6.45, 7) is 1.98. The summed E-state index contributed by atoms with van der Waals surface area (Å²) >= 11 is 0. The number of halogens is 3. The van der Waals surface area contributed by atoms with E-state index >= 15 is 0 Å². The van der Waals surface area contributed by atoms with Gasteiger partial charge in [-0.2, -0.15) is 4.39 Å². The van der Waals surface area contributed by atoms with Gasteiger partial charge in [0, 0.05) is 5.92 Å². The lowest BCUT2D eigenvalue weighted by Crippen LogP contribution is -2.16. The van der Waals surface area contributed by atoms with Crippen molar-refractivity contribution in [3.8, 4) is 0 Å². The molecule has 0 bridgehead atoms. The summed E-state index contributed by atoms with van der Waals surface area (Å²) in [5, 5.41) is 0. The molecule has 0 heterocycles. The third-order valence-electron chi connectivity index (χ3n) is 2.85. The minimum Gasteiger partial charge on any atom is -0.459 e. The molecule has 0 amide bonds. The molecule has 0 spiro atoms. The van der Waals surface area contributed by atoms with Gasteiger partial charge in [0.2, 0.25) is 0 Å². The Balaban J connectivity index is 2.02. The van der Waals surface area contributed by atoms with Crippen LogP contribution in [0, 0.1) is 11.8 Å². The highest BCUT2D eigenvalue weighted by atomic mass is 19.3. The van der Waals surface area contributed by atoms with Gasteiger partial charge in [-0.05, 0) is 31.8 Å². The number of ether oxygens (including phenoxy) is 1. The Bertz CT molecular complexity index is 309. The van der Waals surface area contributed by atoms with Crippen LogP contribution in [0.5, 0.6) is 0 Å². The molecule has 0 aromatic heterocycles. The van der Waals surface area contributed by atoms with E-state index < -0.39 is 12.8 Å². The molecule has 15 heavy (non-hydrogen) atoms. The fourth-order valence-electron chi connectivity index (χ4n) is 1.96. The quantitative estimate of drug-likeness (QED) is 0.705. The van der Waals surface area contributed by atoms with Crippen LogP contribution >= 0.6 is 0 Å². The summed E-state index contributed by atoms with van der Waals surface area (Å²) in [4.78, 5) is 0. The van der Waals surface area contributed by atoms with Crippen molar-refractivity contribution in [2.75, 3.05) is 0 Å². The first-order chi connectivity index (χ1) is 7.08. The van der Waals surface area contributed by atoms with Crippen molar-refractivity contribution < 1.29 is 17.9 Å². The molecular formula is C11H13F3O. The summed E-state index contributed by atoms with van der Waals surface area (Å²) in [6, 6.07) is 0. The van der Waals surface area contributed by atoms with Crippen LogP contribution in [0.1, 0.15) is 19.8 Å². The summed E-state index contributed by atoms with van der Waals surface area (Å²) in [5.41, 5.74) is 1.19. The monoisotopic (exact) mass is 218 g/mol. The maximum absolute atomic E-state index is 12.7. The molecule has 3 atom stereocenters. The average molecular weight is 218 g/mol. The van der Waals surface area contributed by atoms with Crippen molar-refractivity contribution in [3.05, 3.63) is 23.5 Å². The highest BCUT2D eigenvalue weighted by molar-refractivity contribution is 5.25. The third-order valence-corrected chi connectivity index (χ3v) is 2.85. The summed E-state index contributed by atoms with van der Waals surface area (Å²) in [6.07, 6.45) is -0.241. The Kier molecular flexibility index (Phi) is 2.76. The van der Waals surface area contributed by atoms with Gasteiger partial charge in [0.15, 0.2) is 0 Å². The number of alkyl halides is 3. The van der Waals surface area contributed by atoms with Crippen LogP contribution in [0.3, 0.4) is 0 Å². The van der Waals surface area contributed by atoms with Gasteiger partial charge in [-0.25, -0.2) is 8.78 Å². The normalized spacial score (nSPS) is 31.3. The van der Waals surface area contributed by atoms with Crippen molar-refractivity contribution in [2.24, 2.45) is 11.8 Å². The van der Waals surface area contributed by atoms with Crippen LogP contribution in [0.25, 0.3) is 0 Å². The number of rotatable bonds is 3. The zero-order valence-corrected chi connectivity index (χ0v) is 8.42. The molecule has 0 saturated heterocycles. The molecule has 4 heteroatoms. The topological polar surface area (TPSA) is 9.23 Å². The molecule has 1 fully saturated rings. The van der Waals surface area contributed by atoms with Crippen molar-refractivity contribution in [2.45, 2.75) is 32.5 Å². The van der Waals surface area contributed by atoms with Gasteiger partial charge in [-0.15, -0.1) is 0 Å². The predicted octanol–water partition coefficient (Wildman–Crippen LogP) is 3.43. The number of hydrogen-bond acceptors (Lipinski definition) is 1. The van der Waals surface area contributed by atoms with Gasteiger partial charge < -0.3 is 4.74 Å². The molecule has 0 aromatic carbocycles. The van der Waals surface area contributed by atoms with Crippen LogP contribution in [0.4, 0.5) is 13.2 Å². The molecule has 2 rings (SSSR count). The van der Waals surface area contributed by atoms with Crippen LogP contribution in [0.2, 0.25) is 0 Å². The van der Waals surface area contributed by atoms with Crippen LogP contribution < -0.4 is 0 Å². The van der Waals surface area contributed by atoms with Crippen molar-refractivity contribution >= 4 is 0 Å². The van der Waals surface area contributed by atoms with Crippen LogP contribution in [-0.4, -0.2) is 12.8 Å². The van der Waals surface area contributed by atoms with E-state index in [9.17, 15) is 13.2 Å². The van der Waals surface area contributed by atoms with E-state index in [-0.39, 0.29) is 5.92 Å². The van der Waals surface area contributed by atoms with E-state index in [1.54, 1.807) is 6.08 Å². The standard InChI is InChI=1S/C11H13F3O/c1-6-2-3-9(8-5-7(8)4-6)15-11(14)10(12)13/h2-3,7-8,10-11H,4-5H2,1H3. The van der Waals surface area contributed by atoms with Gasteiger partial charge in [0.1, 0.15) is 5.76 Å². The number of hydrogen-bond donors (Lipinski definition) is 0. The minimum atomic E-state index is -3.07. The summed E-state index contributed by atoms with van der Waals surface area (Å²) in [5.74, 6) is 0.986. The maximum atomic E-state index is 12.7. The lowest BCUT2D eigenvalue weighted by atomic mass is 10.1. The number of fused-ring (bicyclic) bond motifs is 1. The highest BCUT2D eigenvalue weighted by Gasteiger charge is 2.43. The van der Waals surface area contributed by atoms with E-state index in [2.05, 4.69) is 4.74 Å². The molecule has 0 aliphatic heterocycles. The fraction of sp³-hybridized carbons (Fsp3) is 0.636. The van der Waals surface area contributed by atoms with E-state index in [1.807, 2.05) is 13.0 Å². The molecule has 84 valence electrons. The smallest absolute Gasteiger partial charge is 0.304 e. The molecule has 0 aromatic rings. The van der Waals surface area contributed by atoms with E-state index in [1.165, 1.54) is 5.57 Å². The predicted molar refractivity (Wildman–Crippen MR) is 50.0 cm³/mol. The summed E-state index contributed by atoms with van der Waals surface area (Å²) in [7, 11) is 0. The summed E-state index contributed by atoms with van der Waals surface area (Å²) < 4.78 is 41.3. The zero-order chi connectivity index (χ0) is 11.0. The highest BCUT2D eigenvalue weighted by Crippen LogP contribution is 2.50. The lowest BCUT2D eigenvalue weighted by Gasteiger charge is -2.12. The Morgan fingerprint density at radius 3 is 2.73 bits per heavy atom. The SMILES string of the molecule is CC1=CC=C(OC(F)C(F)F)C2CC2C1. The Hall–Kier alpha value is -0.930. The minimum absolute atomic E-state index is 0.149. The van der Waals surface area contributed by atoms with E-state index in [0.29, 0.717) is 11.7 Å². The van der Waals surface area contributed by atoms with Crippen LogP contribution in [0.15, 0.2) is 23.5 Å². The Labute approximate surface area is 86.6 Å². The second kappa shape index (κ2) is 3.91. The van der Waals surface area contributed by atoms with Crippen LogP contribution in [-0.2, 0) is 4.74 Å². The first-order valence-electron chi connectivity index (χ1n) is 5.04. The zero-order valence-electron chi connectivity index (χ0n) is 8.42. The molecule has 3 unspecified atom stereocenters. The molecule has 1 saturated carbocycles. The largest absolute Gasteiger partial charge is 0.459 e. The molecular weight excluding hydrogens is 205 g/mol. The van der Waals surface area contributed by atoms with E-state index in [4.69, 9.17) is 0 Å². The van der Waals surface area contributed by atoms with E-state index in [0.717, 1.165) is 12.8 Å². The second-order valence-electron chi connectivity index (χ2n) is 4.19. The van der Waals surface area contributed by atoms with Gasteiger partial charge in [0.05, 0.1) is 0 Å². The maximum Gasteiger partial charge on any atom is 0.304 e. The van der Waals surface area contributed by atoms with Gasteiger partial charge >= 0.3 is 6.43 Å². The first kappa shape index (κ1) is 10.6. The van der Waals surface area contributed by atoms with Crippen molar-refractivity contribution in [3.63, 3.8) is 0 Å². The molecule has 1 nitrogen and oxygen atoms in total. The van der Waals surface area contributed by atoms with Crippen molar-refractivity contribution in [1.82, 2.24) is 0 Å².